The van der Waals surface area contributed by atoms with Gasteiger partial charge in [-0.25, -0.2) is 0 Å². The fraction of sp³-hybridized carbons (Fsp3) is 1.00. The summed E-state index contributed by atoms with van der Waals surface area (Å²) in [5.41, 5.74) is 0. The van der Waals surface area contributed by atoms with Crippen molar-refractivity contribution < 1.29 is 9.09 Å². The van der Waals surface area contributed by atoms with E-state index in [2.05, 4.69) is 6.92 Å². The number of hydrogen-bond donors (Lipinski definition) is 0. The van der Waals surface area contributed by atoms with Crippen LogP contribution in [-0.4, -0.2) is 19.5 Å². The van der Waals surface area contributed by atoms with Crippen molar-refractivity contribution in [1.29, 1.82) is 0 Å². The lowest BCUT2D eigenvalue weighted by Gasteiger charge is -2.08. The molecule has 0 aromatic rings. The third-order valence-electron chi connectivity index (χ3n) is 1.66. The Bertz CT molecular complexity index is 150. The highest BCUT2D eigenvalue weighted by Crippen LogP contribution is 2.55. The van der Waals surface area contributed by atoms with Crippen LogP contribution in [0.3, 0.4) is 0 Å². The summed E-state index contributed by atoms with van der Waals surface area (Å²) in [6, 6.07) is 0. The van der Waals surface area contributed by atoms with Crippen LogP contribution >= 0.6 is 18.0 Å². The van der Waals surface area contributed by atoms with Crippen molar-refractivity contribution in [1.82, 2.24) is 0 Å². The van der Waals surface area contributed by atoms with Gasteiger partial charge in [0.05, 0.1) is 0 Å². The van der Waals surface area contributed by atoms with Gasteiger partial charge in [-0.05, 0) is 6.42 Å². The summed E-state index contributed by atoms with van der Waals surface area (Å²) >= 11 is 1.46. The molecule has 4 heteroatoms. The van der Waals surface area contributed by atoms with Crippen LogP contribution in [0.2, 0.25) is 0 Å². The summed E-state index contributed by atoms with van der Waals surface area (Å²) in [5, 5.41) is 0. The quantitative estimate of drug-likeness (QED) is 0.472. The lowest BCUT2D eigenvalue weighted by atomic mass is 10.2. The molecule has 0 heterocycles. The maximum absolute atomic E-state index is 11.4. The molecule has 0 bridgehead atoms. The molecule has 0 aliphatic carbocycles. The first kappa shape index (κ1) is 12.5. The molecule has 0 N–H and O–H groups in total. The lowest BCUT2D eigenvalue weighted by Crippen LogP contribution is -1.82. The van der Waals surface area contributed by atoms with Crippen molar-refractivity contribution >= 4 is 18.0 Å². The van der Waals surface area contributed by atoms with E-state index in [1.807, 2.05) is 0 Å². The minimum atomic E-state index is -2.31. The predicted molar refractivity (Wildman–Crippen MR) is 57.1 cm³/mol. The number of rotatable bonds is 7. The Hall–Kier alpha value is 0.540. The average Bonchev–Trinajstić information content (AvgIpc) is 2.04. The first-order valence-corrected chi connectivity index (χ1v) is 8.06. The van der Waals surface area contributed by atoms with Gasteiger partial charge in [-0.3, -0.25) is 4.57 Å². The largest absolute Gasteiger partial charge is 0.325 e. The van der Waals surface area contributed by atoms with Crippen LogP contribution < -0.4 is 0 Å². The maximum atomic E-state index is 11.4. The van der Waals surface area contributed by atoms with Gasteiger partial charge >= 0.3 is 0 Å². The molecular weight excluding hydrogens is 191 g/mol. The van der Waals surface area contributed by atoms with Crippen LogP contribution in [0, 0.1) is 0 Å². The standard InChI is InChI=1S/C8H19O2PS/c1-4-5-6-7-8-12-11(3,9)10-2/h4-8H2,1-3H3. The van der Waals surface area contributed by atoms with Crippen LogP contribution in [0.15, 0.2) is 0 Å². The normalized spacial score (nSPS) is 15.9. The van der Waals surface area contributed by atoms with E-state index in [-0.39, 0.29) is 0 Å². The summed E-state index contributed by atoms with van der Waals surface area (Å²) in [6.45, 7) is 1.56. The first-order chi connectivity index (χ1) is 5.62. The van der Waals surface area contributed by atoms with Crippen molar-refractivity contribution in [3.05, 3.63) is 0 Å². The van der Waals surface area contributed by atoms with Crippen molar-refractivity contribution in [3.63, 3.8) is 0 Å². The van der Waals surface area contributed by atoms with E-state index < -0.39 is 6.57 Å². The fourth-order valence-corrected chi connectivity index (χ4v) is 3.28. The third kappa shape index (κ3) is 7.20. The Balaban J connectivity index is 3.25. The van der Waals surface area contributed by atoms with Crippen LogP contribution in [0.25, 0.3) is 0 Å². The SMILES string of the molecule is CCCCCCSP(C)(=O)OC. The molecule has 74 valence electrons. The zero-order valence-electron chi connectivity index (χ0n) is 8.21. The van der Waals surface area contributed by atoms with Crippen LogP contribution in [0.1, 0.15) is 32.6 Å². The summed E-state index contributed by atoms with van der Waals surface area (Å²) in [5.74, 6) is 0.960. The van der Waals surface area contributed by atoms with E-state index in [9.17, 15) is 4.57 Å². The van der Waals surface area contributed by atoms with Crippen molar-refractivity contribution in [3.8, 4) is 0 Å². The van der Waals surface area contributed by atoms with E-state index in [1.165, 1.54) is 37.8 Å². The Labute approximate surface area is 79.7 Å². The summed E-state index contributed by atoms with van der Waals surface area (Å²) in [4.78, 5) is 0. The van der Waals surface area contributed by atoms with Gasteiger partial charge in [-0.15, -0.1) is 0 Å². The van der Waals surface area contributed by atoms with E-state index >= 15 is 0 Å². The minimum absolute atomic E-state index is 0.960. The van der Waals surface area contributed by atoms with E-state index in [0.29, 0.717) is 0 Å². The van der Waals surface area contributed by atoms with E-state index in [0.717, 1.165) is 12.2 Å². The molecule has 0 fully saturated rings. The molecule has 2 nitrogen and oxygen atoms in total. The summed E-state index contributed by atoms with van der Waals surface area (Å²) in [7, 11) is 1.51. The van der Waals surface area contributed by atoms with Gasteiger partial charge < -0.3 is 4.52 Å². The number of unbranched alkanes of at least 4 members (excludes halogenated alkanes) is 3. The van der Waals surface area contributed by atoms with Gasteiger partial charge in [-0.2, -0.15) is 0 Å². The van der Waals surface area contributed by atoms with Gasteiger partial charge in [-0.1, -0.05) is 37.6 Å². The van der Waals surface area contributed by atoms with Crippen molar-refractivity contribution in [2.45, 2.75) is 32.6 Å². The van der Waals surface area contributed by atoms with Gasteiger partial charge in [0, 0.05) is 19.5 Å². The highest BCUT2D eigenvalue weighted by atomic mass is 32.7. The second-order valence-electron chi connectivity index (χ2n) is 2.85. The Kier molecular flexibility index (Phi) is 7.31. The van der Waals surface area contributed by atoms with Crippen molar-refractivity contribution in [2.75, 3.05) is 19.5 Å². The summed E-state index contributed by atoms with van der Waals surface area (Å²) < 4.78 is 16.2. The number of hydrogen-bond acceptors (Lipinski definition) is 3. The molecule has 0 rings (SSSR count). The minimum Gasteiger partial charge on any atom is -0.325 e. The molecule has 0 saturated heterocycles. The molecule has 0 saturated carbocycles. The zero-order valence-corrected chi connectivity index (χ0v) is 9.92. The molecule has 0 amide bonds. The molecule has 1 unspecified atom stereocenters. The van der Waals surface area contributed by atoms with E-state index in [1.54, 1.807) is 6.66 Å². The highest BCUT2D eigenvalue weighted by Gasteiger charge is 2.12. The molecule has 0 spiro atoms. The second-order valence-corrected chi connectivity index (χ2v) is 8.19. The Morgan fingerprint density at radius 1 is 1.33 bits per heavy atom. The summed E-state index contributed by atoms with van der Waals surface area (Å²) in [6.07, 6.45) is 4.92. The van der Waals surface area contributed by atoms with Gasteiger partial charge in [0.1, 0.15) is 0 Å². The molecule has 1 atom stereocenters. The second kappa shape index (κ2) is 6.99. The smallest absolute Gasteiger partial charge is 0.254 e. The Morgan fingerprint density at radius 3 is 2.50 bits per heavy atom. The zero-order chi connectivity index (χ0) is 9.45. The molecular formula is C8H19O2PS. The predicted octanol–water partition coefficient (Wildman–Crippen LogP) is 3.77. The van der Waals surface area contributed by atoms with Gasteiger partial charge in [0.2, 0.25) is 0 Å². The first-order valence-electron chi connectivity index (χ1n) is 4.40. The van der Waals surface area contributed by atoms with Crippen LogP contribution in [0.5, 0.6) is 0 Å². The maximum Gasteiger partial charge on any atom is 0.254 e. The van der Waals surface area contributed by atoms with Gasteiger partial charge in [0.25, 0.3) is 6.57 Å². The average molecular weight is 210 g/mol. The fourth-order valence-electron chi connectivity index (χ4n) is 0.812. The Morgan fingerprint density at radius 2 is 2.00 bits per heavy atom. The highest BCUT2D eigenvalue weighted by molar-refractivity contribution is 8.56. The molecule has 0 aromatic heterocycles. The monoisotopic (exact) mass is 210 g/mol. The van der Waals surface area contributed by atoms with Crippen molar-refractivity contribution in [2.24, 2.45) is 0 Å². The van der Waals surface area contributed by atoms with E-state index in [4.69, 9.17) is 4.52 Å². The van der Waals surface area contributed by atoms with Gasteiger partial charge in [0.15, 0.2) is 0 Å². The molecule has 0 aliphatic heterocycles. The third-order valence-corrected chi connectivity index (χ3v) is 5.66. The molecule has 12 heavy (non-hydrogen) atoms. The molecule has 0 aromatic carbocycles. The molecule has 0 aliphatic rings. The van der Waals surface area contributed by atoms with Crippen LogP contribution in [0.4, 0.5) is 0 Å². The lowest BCUT2D eigenvalue weighted by molar-refractivity contribution is 0.414. The molecule has 0 radical (unpaired) electrons. The topological polar surface area (TPSA) is 26.3 Å². The van der Waals surface area contributed by atoms with Crippen LogP contribution in [-0.2, 0) is 9.09 Å².